The van der Waals surface area contributed by atoms with E-state index in [-0.39, 0.29) is 33.4 Å². The van der Waals surface area contributed by atoms with Crippen molar-refractivity contribution in [2.75, 3.05) is 37.6 Å². The molecule has 2 amide bonds. The summed E-state index contributed by atoms with van der Waals surface area (Å²) in [7, 11) is 0. The van der Waals surface area contributed by atoms with Gasteiger partial charge in [-0.25, -0.2) is 9.37 Å². The van der Waals surface area contributed by atoms with Crippen LogP contribution in [0.25, 0.3) is 11.3 Å². The van der Waals surface area contributed by atoms with E-state index in [1.807, 2.05) is 18.7 Å². The number of benzene rings is 1. The van der Waals surface area contributed by atoms with Gasteiger partial charge in [0.05, 0.1) is 17.1 Å². The molecule has 1 aromatic heterocycles. The minimum Gasteiger partial charge on any atom is -0.507 e. The molecule has 36 heavy (non-hydrogen) atoms. The molecule has 0 saturated carbocycles. The molecule has 4 heterocycles. The Morgan fingerprint density at radius 1 is 1.39 bits per heavy atom. The number of hydrogen-bond donors (Lipinski definition) is 1. The Hall–Kier alpha value is -3.33. The molecule has 1 atom stereocenters. The van der Waals surface area contributed by atoms with Crippen LogP contribution < -0.4 is 9.64 Å². The van der Waals surface area contributed by atoms with Gasteiger partial charge in [0.2, 0.25) is 5.91 Å². The molecular formula is C26H28ClFN4O4. The third kappa shape index (κ3) is 3.86. The number of carbonyl (C=O) groups excluding carboxylic acids is 2. The molecule has 0 spiro atoms. The van der Waals surface area contributed by atoms with Crippen molar-refractivity contribution in [3.63, 3.8) is 0 Å². The van der Waals surface area contributed by atoms with Gasteiger partial charge in [-0.1, -0.05) is 24.2 Å². The monoisotopic (exact) mass is 518 g/mol. The highest BCUT2D eigenvalue weighted by Crippen LogP contribution is 2.47. The summed E-state index contributed by atoms with van der Waals surface area (Å²) in [6, 6.07) is 2.12. The molecule has 1 N–H and O–H groups in total. The van der Waals surface area contributed by atoms with Gasteiger partial charge < -0.3 is 24.5 Å². The minimum atomic E-state index is -2.55. The molecule has 1 aromatic carbocycles. The van der Waals surface area contributed by atoms with Crippen molar-refractivity contribution in [1.82, 2.24) is 14.8 Å². The molecule has 8 nitrogen and oxygen atoms in total. The van der Waals surface area contributed by atoms with E-state index < -0.39 is 61.1 Å². The van der Waals surface area contributed by atoms with Crippen LogP contribution in [0.3, 0.4) is 0 Å². The predicted molar refractivity (Wildman–Crippen MR) is 134 cm³/mol. The first-order valence-corrected chi connectivity index (χ1v) is 11.9. The number of aromatic hydroxyl groups is 1. The summed E-state index contributed by atoms with van der Waals surface area (Å²) < 4.78 is 55.9. The lowest BCUT2D eigenvalue weighted by Gasteiger charge is -2.40. The fourth-order valence-corrected chi connectivity index (χ4v) is 5.15. The zero-order valence-corrected chi connectivity index (χ0v) is 20.6. The number of phenolic OH excluding ortho intramolecular Hbond substituents is 1. The molecule has 0 bridgehead atoms. The van der Waals surface area contributed by atoms with E-state index in [0.29, 0.717) is 11.4 Å². The molecule has 10 heteroatoms. The van der Waals surface area contributed by atoms with Crippen molar-refractivity contribution in [3.8, 4) is 22.8 Å². The molecule has 5 rings (SSSR count). The van der Waals surface area contributed by atoms with Crippen LogP contribution in [0.1, 0.15) is 42.5 Å². The van der Waals surface area contributed by atoms with Gasteiger partial charge in [-0.2, -0.15) is 0 Å². The number of amides is 2. The van der Waals surface area contributed by atoms with Crippen LogP contribution in [0.2, 0.25) is 5.02 Å². The topological polar surface area (TPSA) is 86.2 Å². The molecule has 2 fully saturated rings. The number of anilines is 1. The number of phenols is 1. The van der Waals surface area contributed by atoms with Gasteiger partial charge in [0, 0.05) is 31.6 Å². The van der Waals surface area contributed by atoms with Crippen LogP contribution in [0.5, 0.6) is 11.5 Å². The summed E-state index contributed by atoms with van der Waals surface area (Å²) in [5, 5.41) is 10.2. The molecule has 3 aliphatic heterocycles. The molecular weight excluding hydrogens is 487 g/mol. The largest absolute Gasteiger partial charge is 0.507 e. The summed E-state index contributed by atoms with van der Waals surface area (Å²) in [6.07, 6.45) is 2.35. The lowest BCUT2D eigenvalue weighted by Crippen LogP contribution is -2.57. The van der Waals surface area contributed by atoms with Crippen LogP contribution >= 0.6 is 11.6 Å². The highest BCUT2D eigenvalue weighted by Gasteiger charge is 2.43. The molecule has 2 saturated heterocycles. The first-order valence-electron chi connectivity index (χ1n) is 13.5. The number of pyridine rings is 1. The van der Waals surface area contributed by atoms with E-state index in [0.717, 1.165) is 29.9 Å². The van der Waals surface area contributed by atoms with Crippen molar-refractivity contribution in [1.29, 1.82) is 0 Å². The Bertz CT molecular complexity index is 1420. The zero-order valence-electron chi connectivity index (χ0n) is 23.8. The molecule has 0 radical (unpaired) electrons. The van der Waals surface area contributed by atoms with E-state index in [2.05, 4.69) is 11.6 Å². The van der Waals surface area contributed by atoms with Gasteiger partial charge in [-0.05, 0) is 44.9 Å². The molecule has 3 aliphatic rings. The van der Waals surface area contributed by atoms with Gasteiger partial charge >= 0.3 is 0 Å². The van der Waals surface area contributed by atoms with Gasteiger partial charge in [0.1, 0.15) is 40.3 Å². The second-order valence-corrected chi connectivity index (χ2v) is 9.80. The van der Waals surface area contributed by atoms with E-state index in [4.69, 9.17) is 21.8 Å². The number of fused-ring (bicyclic) bond motifs is 2. The number of piperazine rings is 1. The smallest absolute Gasteiger partial charge is 0.261 e. The van der Waals surface area contributed by atoms with E-state index in [9.17, 15) is 14.7 Å². The standard InChI is InChI=1S/C26H28ClFN4O4/c1-4-18(34)30-11-12-31-15(13-30)14-36-23-20(25(31)35)24(32-10-6-9-26(32,2)3)29-22(21(23)27)19-16(28)7-5-8-17(19)33/h4-5,7-8,15,33H,1,6,9-14H2,2-3H3/t15-/m1/s1/i12D2,13D2. The fourth-order valence-electron chi connectivity index (χ4n) is 4.87. The fraction of sp³-hybridized carbons (Fsp3) is 0.423. The van der Waals surface area contributed by atoms with E-state index in [1.165, 1.54) is 12.1 Å². The first kappa shape index (κ1) is 19.8. The highest BCUT2D eigenvalue weighted by atomic mass is 35.5. The molecule has 2 aromatic rings. The van der Waals surface area contributed by atoms with Crippen LogP contribution in [0, 0.1) is 5.82 Å². The van der Waals surface area contributed by atoms with Crippen LogP contribution in [-0.4, -0.2) is 76.0 Å². The van der Waals surface area contributed by atoms with Crippen molar-refractivity contribution in [3.05, 3.63) is 47.3 Å². The Kier molecular flexibility index (Phi) is 4.93. The number of halogens is 2. The Morgan fingerprint density at radius 3 is 2.83 bits per heavy atom. The maximum absolute atomic E-state index is 15.0. The van der Waals surface area contributed by atoms with Gasteiger partial charge in [0.15, 0.2) is 5.75 Å². The van der Waals surface area contributed by atoms with E-state index in [1.54, 1.807) is 0 Å². The third-order valence-electron chi connectivity index (χ3n) is 6.74. The van der Waals surface area contributed by atoms with Gasteiger partial charge in [-0.3, -0.25) is 9.59 Å². The van der Waals surface area contributed by atoms with Crippen molar-refractivity contribution >= 4 is 29.2 Å². The number of ether oxygens (including phenoxy) is 1. The van der Waals surface area contributed by atoms with Gasteiger partial charge in [-0.15, -0.1) is 0 Å². The second-order valence-electron chi connectivity index (χ2n) is 9.42. The average Bonchev–Trinajstić information content (AvgIpc) is 3.13. The number of aromatic nitrogens is 1. The van der Waals surface area contributed by atoms with Crippen molar-refractivity contribution < 1.29 is 29.3 Å². The van der Waals surface area contributed by atoms with Crippen LogP contribution in [0.15, 0.2) is 30.9 Å². The normalized spacial score (nSPS) is 25.4. The lowest BCUT2D eigenvalue weighted by molar-refractivity contribution is -0.128. The minimum absolute atomic E-state index is 0.0474. The maximum atomic E-state index is 15.0. The summed E-state index contributed by atoms with van der Waals surface area (Å²) in [5.41, 5.74) is -1.21. The SMILES string of the molecule is [2H]C1([2H])CN(C(=O)C=C)C([2H])([2H])[C@@H]2COc3c(Cl)c(-c4c(O)cccc4F)nc(N4CCCC4(C)C)c3C(=O)N21. The number of carbonyl (C=O) groups is 2. The summed E-state index contributed by atoms with van der Waals surface area (Å²) in [5.74, 6) is -3.23. The van der Waals surface area contributed by atoms with Crippen molar-refractivity contribution in [2.45, 2.75) is 38.3 Å². The highest BCUT2D eigenvalue weighted by molar-refractivity contribution is 6.35. The predicted octanol–water partition coefficient (Wildman–Crippen LogP) is 3.86. The number of hydrogen-bond acceptors (Lipinski definition) is 6. The number of rotatable bonds is 3. The number of nitrogens with zero attached hydrogens (tertiary/aromatic N) is 4. The maximum Gasteiger partial charge on any atom is 0.261 e. The summed E-state index contributed by atoms with van der Waals surface area (Å²) >= 11 is 6.71. The van der Waals surface area contributed by atoms with Crippen LogP contribution in [0.4, 0.5) is 10.2 Å². The average molecular weight is 519 g/mol. The van der Waals surface area contributed by atoms with Gasteiger partial charge in [0.25, 0.3) is 5.91 Å². The summed E-state index contributed by atoms with van der Waals surface area (Å²) in [6.45, 7) is 1.32. The lowest BCUT2D eigenvalue weighted by atomic mass is 10.0. The molecule has 0 unspecified atom stereocenters. The van der Waals surface area contributed by atoms with Crippen LogP contribution in [-0.2, 0) is 4.79 Å². The molecule has 190 valence electrons. The second kappa shape index (κ2) is 8.96. The first-order chi connectivity index (χ1) is 18.6. The quantitative estimate of drug-likeness (QED) is 0.621. The zero-order chi connectivity index (χ0) is 29.4. The van der Waals surface area contributed by atoms with Crippen molar-refractivity contribution in [2.24, 2.45) is 0 Å². The Labute approximate surface area is 219 Å². The third-order valence-corrected chi connectivity index (χ3v) is 7.09. The summed E-state index contributed by atoms with van der Waals surface area (Å²) in [4.78, 5) is 34.7. The molecule has 0 aliphatic carbocycles. The Morgan fingerprint density at radius 2 is 2.17 bits per heavy atom. The Balaban J connectivity index is 1.78. The van der Waals surface area contributed by atoms with E-state index >= 15 is 4.39 Å².